The maximum atomic E-state index is 12.6. The van der Waals surface area contributed by atoms with E-state index in [1.165, 1.54) is 11.1 Å². The molecule has 2 heteroatoms. The second-order valence-electron chi connectivity index (χ2n) is 8.51. The first-order valence-electron chi connectivity index (χ1n) is 9.20. The van der Waals surface area contributed by atoms with E-state index >= 15 is 0 Å². The van der Waals surface area contributed by atoms with Gasteiger partial charge >= 0.3 is 0 Å². The number of carbonyl (C=O) groups excluding carboxylic acids is 2. The minimum atomic E-state index is -0.138. The van der Waals surface area contributed by atoms with Crippen molar-refractivity contribution < 1.29 is 9.59 Å². The van der Waals surface area contributed by atoms with Gasteiger partial charge in [-0.1, -0.05) is 37.6 Å². The molecule has 0 aromatic heterocycles. The van der Waals surface area contributed by atoms with E-state index in [1.54, 1.807) is 6.92 Å². The summed E-state index contributed by atoms with van der Waals surface area (Å²) in [7, 11) is 0. The monoisotopic (exact) mass is 314 g/mol. The van der Waals surface area contributed by atoms with Gasteiger partial charge in [0, 0.05) is 18.3 Å². The molecule has 4 atom stereocenters. The Balaban J connectivity index is 1.93. The van der Waals surface area contributed by atoms with E-state index in [9.17, 15) is 9.59 Å². The van der Waals surface area contributed by atoms with Crippen LogP contribution in [0.5, 0.6) is 0 Å². The van der Waals surface area contributed by atoms with Crippen molar-refractivity contribution in [3.63, 3.8) is 0 Å². The molecule has 0 radical (unpaired) electrons. The highest BCUT2D eigenvalue weighted by Gasteiger charge is 2.53. The number of hydrogen-bond donors (Lipinski definition) is 0. The SMILES string of the molecule is C=C1CC=C2C(CCC3(C)C(=O)CCCC23)C1(C)CCC(C)=O. The second-order valence-corrected chi connectivity index (χ2v) is 8.51. The predicted octanol–water partition coefficient (Wildman–Crippen LogP) is 5.03. The van der Waals surface area contributed by atoms with Crippen molar-refractivity contribution in [1.29, 1.82) is 0 Å². The summed E-state index contributed by atoms with van der Waals surface area (Å²) in [5, 5.41) is 0. The van der Waals surface area contributed by atoms with E-state index in [1.807, 2.05) is 0 Å². The van der Waals surface area contributed by atoms with E-state index in [0.717, 1.165) is 44.9 Å². The first-order chi connectivity index (χ1) is 10.8. The molecule has 4 unspecified atom stereocenters. The second kappa shape index (κ2) is 5.72. The van der Waals surface area contributed by atoms with Crippen LogP contribution in [-0.2, 0) is 9.59 Å². The highest BCUT2D eigenvalue weighted by Crippen LogP contribution is 2.60. The van der Waals surface area contributed by atoms with E-state index in [-0.39, 0.29) is 16.6 Å². The summed E-state index contributed by atoms with van der Waals surface area (Å²) in [6.45, 7) is 10.5. The van der Waals surface area contributed by atoms with Crippen LogP contribution in [0.25, 0.3) is 0 Å². The zero-order valence-electron chi connectivity index (χ0n) is 14.9. The Hall–Kier alpha value is -1.18. The average Bonchev–Trinajstić information content (AvgIpc) is 2.50. The lowest BCUT2D eigenvalue weighted by Gasteiger charge is -2.55. The Morgan fingerprint density at radius 2 is 2.04 bits per heavy atom. The minimum absolute atomic E-state index is 0.0254. The van der Waals surface area contributed by atoms with Crippen molar-refractivity contribution in [1.82, 2.24) is 0 Å². The maximum absolute atomic E-state index is 12.6. The molecule has 3 aliphatic carbocycles. The number of allylic oxidation sites excluding steroid dienone is 3. The number of fused-ring (bicyclic) bond motifs is 3. The van der Waals surface area contributed by atoms with Gasteiger partial charge in [-0.25, -0.2) is 0 Å². The van der Waals surface area contributed by atoms with Crippen LogP contribution in [0.4, 0.5) is 0 Å². The molecular weight excluding hydrogens is 284 g/mol. The van der Waals surface area contributed by atoms with Gasteiger partial charge < -0.3 is 4.79 Å². The molecule has 3 aliphatic rings. The predicted molar refractivity (Wildman–Crippen MR) is 93.0 cm³/mol. The Labute approximate surface area is 140 Å². The highest BCUT2D eigenvalue weighted by molar-refractivity contribution is 5.86. The first kappa shape index (κ1) is 16.7. The molecule has 0 heterocycles. The minimum Gasteiger partial charge on any atom is -0.300 e. The molecule has 0 aromatic carbocycles. The zero-order valence-corrected chi connectivity index (χ0v) is 14.9. The molecule has 0 N–H and O–H groups in total. The molecule has 0 aliphatic heterocycles. The Bertz CT molecular complexity index is 585. The molecule has 0 aromatic rings. The Morgan fingerprint density at radius 3 is 2.74 bits per heavy atom. The van der Waals surface area contributed by atoms with Crippen molar-refractivity contribution in [2.24, 2.45) is 22.7 Å². The van der Waals surface area contributed by atoms with Gasteiger partial charge in [0.25, 0.3) is 0 Å². The third kappa shape index (κ3) is 2.55. The summed E-state index contributed by atoms with van der Waals surface area (Å²) < 4.78 is 0. The lowest BCUT2D eigenvalue weighted by atomic mass is 9.49. The van der Waals surface area contributed by atoms with Gasteiger partial charge in [-0.2, -0.15) is 0 Å². The van der Waals surface area contributed by atoms with Gasteiger partial charge in [-0.3, -0.25) is 4.79 Å². The largest absolute Gasteiger partial charge is 0.300 e. The molecule has 0 spiro atoms. The fourth-order valence-electron chi connectivity index (χ4n) is 5.45. The normalized spacial score (nSPS) is 40.2. The molecule has 0 bridgehead atoms. The molecule has 3 rings (SSSR count). The lowest BCUT2D eigenvalue weighted by molar-refractivity contribution is -0.135. The average molecular weight is 314 g/mol. The Kier molecular flexibility index (Phi) is 4.14. The van der Waals surface area contributed by atoms with Crippen LogP contribution in [0.15, 0.2) is 23.8 Å². The van der Waals surface area contributed by atoms with E-state index in [0.29, 0.717) is 24.0 Å². The first-order valence-corrected chi connectivity index (χ1v) is 9.20. The fourth-order valence-corrected chi connectivity index (χ4v) is 5.45. The van der Waals surface area contributed by atoms with E-state index < -0.39 is 0 Å². The standard InChI is InChI=1S/C21H30O2/c1-14-8-9-16-17-6-5-7-19(23)21(17,4)13-11-18(16)20(14,3)12-10-15(2)22/h9,17-18H,1,5-8,10-13H2,2-4H3. The van der Waals surface area contributed by atoms with Crippen molar-refractivity contribution in [2.45, 2.75) is 72.1 Å². The number of ketones is 2. The number of Topliss-reactive ketones (excluding diaryl/α,β-unsaturated/α-hetero) is 2. The van der Waals surface area contributed by atoms with Crippen LogP contribution in [0.2, 0.25) is 0 Å². The summed E-state index contributed by atoms with van der Waals surface area (Å²) in [4.78, 5) is 24.1. The van der Waals surface area contributed by atoms with Gasteiger partial charge in [0.2, 0.25) is 0 Å². The van der Waals surface area contributed by atoms with Gasteiger partial charge in [0.15, 0.2) is 0 Å². The van der Waals surface area contributed by atoms with Gasteiger partial charge in [0.1, 0.15) is 11.6 Å². The molecule has 0 amide bonds. The summed E-state index contributed by atoms with van der Waals surface area (Å²) in [6.07, 6.45) is 9.86. The molecular formula is C21H30O2. The fraction of sp³-hybridized carbons (Fsp3) is 0.714. The molecule has 0 saturated heterocycles. The molecule has 23 heavy (non-hydrogen) atoms. The van der Waals surface area contributed by atoms with Gasteiger partial charge in [-0.15, -0.1) is 0 Å². The third-order valence-electron chi connectivity index (χ3n) is 7.22. The van der Waals surface area contributed by atoms with Crippen LogP contribution in [-0.4, -0.2) is 11.6 Å². The maximum Gasteiger partial charge on any atom is 0.139 e. The quantitative estimate of drug-likeness (QED) is 0.684. The van der Waals surface area contributed by atoms with Crippen molar-refractivity contribution in [2.75, 3.05) is 0 Å². The van der Waals surface area contributed by atoms with Gasteiger partial charge in [0.05, 0.1) is 0 Å². The highest BCUT2D eigenvalue weighted by atomic mass is 16.1. The number of rotatable bonds is 3. The molecule has 2 fully saturated rings. The summed E-state index contributed by atoms with van der Waals surface area (Å²) in [5.74, 6) is 1.64. The Morgan fingerprint density at radius 1 is 1.30 bits per heavy atom. The van der Waals surface area contributed by atoms with Crippen molar-refractivity contribution in [3.8, 4) is 0 Å². The van der Waals surface area contributed by atoms with Crippen LogP contribution in [0.3, 0.4) is 0 Å². The molecule has 126 valence electrons. The zero-order chi connectivity index (χ0) is 16.8. The lowest BCUT2D eigenvalue weighted by Crippen LogP contribution is -2.49. The number of carbonyl (C=O) groups is 2. The van der Waals surface area contributed by atoms with E-state index in [4.69, 9.17) is 0 Å². The smallest absolute Gasteiger partial charge is 0.139 e. The summed E-state index contributed by atoms with van der Waals surface area (Å²) in [5.41, 5.74) is 2.68. The molecule has 2 saturated carbocycles. The third-order valence-corrected chi connectivity index (χ3v) is 7.22. The van der Waals surface area contributed by atoms with Crippen LogP contribution in [0.1, 0.15) is 72.1 Å². The van der Waals surface area contributed by atoms with Gasteiger partial charge in [-0.05, 0) is 62.7 Å². The number of hydrogen-bond acceptors (Lipinski definition) is 2. The summed E-state index contributed by atoms with van der Waals surface area (Å²) >= 11 is 0. The van der Waals surface area contributed by atoms with Crippen LogP contribution in [0, 0.1) is 22.7 Å². The van der Waals surface area contributed by atoms with Crippen molar-refractivity contribution >= 4 is 11.6 Å². The topological polar surface area (TPSA) is 34.1 Å². The van der Waals surface area contributed by atoms with Crippen LogP contribution < -0.4 is 0 Å². The molecule has 2 nitrogen and oxygen atoms in total. The summed E-state index contributed by atoms with van der Waals surface area (Å²) in [6, 6.07) is 0. The van der Waals surface area contributed by atoms with Crippen LogP contribution >= 0.6 is 0 Å². The van der Waals surface area contributed by atoms with E-state index in [2.05, 4.69) is 26.5 Å². The van der Waals surface area contributed by atoms with Crippen molar-refractivity contribution in [3.05, 3.63) is 23.8 Å².